The lowest BCUT2D eigenvalue weighted by Gasteiger charge is -2.22. The number of hydrogen-bond donors (Lipinski definition) is 3. The van der Waals surface area contributed by atoms with E-state index in [0.717, 1.165) is 5.56 Å². The third-order valence-corrected chi connectivity index (χ3v) is 4.16. The Balaban J connectivity index is 2.05. The van der Waals surface area contributed by atoms with Crippen molar-refractivity contribution >= 4 is 17.8 Å². The smallest absolute Gasteiger partial charge is 0.326 e. The molecule has 4 N–H and O–H groups in total. The van der Waals surface area contributed by atoms with Crippen LogP contribution in [0.2, 0.25) is 0 Å². The second-order valence-corrected chi connectivity index (χ2v) is 5.73. The molecule has 1 saturated heterocycles. The number of hydrogen-bond acceptors (Lipinski definition) is 4. The van der Waals surface area contributed by atoms with E-state index in [0.29, 0.717) is 13.0 Å². The van der Waals surface area contributed by atoms with Gasteiger partial charge in [0.15, 0.2) is 0 Å². The third-order valence-electron chi connectivity index (χ3n) is 4.16. The number of amides is 1. The summed E-state index contributed by atoms with van der Waals surface area (Å²) in [4.78, 5) is 35.7. The van der Waals surface area contributed by atoms with Crippen LogP contribution >= 0.6 is 0 Å². The van der Waals surface area contributed by atoms with Crippen molar-refractivity contribution in [3.05, 3.63) is 35.9 Å². The zero-order valence-electron chi connectivity index (χ0n) is 12.6. The lowest BCUT2D eigenvalue weighted by atomic mass is 9.96. The summed E-state index contributed by atoms with van der Waals surface area (Å²) in [6.45, 7) is 0.322. The van der Waals surface area contributed by atoms with E-state index in [4.69, 9.17) is 10.8 Å². The summed E-state index contributed by atoms with van der Waals surface area (Å²) in [6.07, 6.45) is 0.280. The molecule has 2 rings (SSSR count). The van der Waals surface area contributed by atoms with Crippen LogP contribution in [0, 0.1) is 0 Å². The van der Waals surface area contributed by atoms with E-state index >= 15 is 0 Å². The van der Waals surface area contributed by atoms with Crippen molar-refractivity contribution < 1.29 is 24.6 Å². The van der Waals surface area contributed by atoms with Crippen molar-refractivity contribution in [3.63, 3.8) is 0 Å². The van der Waals surface area contributed by atoms with Crippen molar-refractivity contribution in [3.8, 4) is 0 Å². The molecule has 1 aliphatic rings. The Bertz CT molecular complexity index is 589. The summed E-state index contributed by atoms with van der Waals surface area (Å²) < 4.78 is 0. The van der Waals surface area contributed by atoms with Gasteiger partial charge < -0.3 is 20.8 Å². The fourth-order valence-electron chi connectivity index (χ4n) is 2.86. The van der Waals surface area contributed by atoms with Crippen molar-refractivity contribution in [2.75, 3.05) is 6.54 Å². The van der Waals surface area contributed by atoms with Gasteiger partial charge in [-0.25, -0.2) is 4.79 Å². The monoisotopic (exact) mass is 320 g/mol. The molecular weight excluding hydrogens is 300 g/mol. The highest BCUT2D eigenvalue weighted by molar-refractivity contribution is 5.85. The van der Waals surface area contributed by atoms with Gasteiger partial charge in [0, 0.05) is 18.9 Å². The first-order chi connectivity index (χ1) is 10.9. The van der Waals surface area contributed by atoms with Gasteiger partial charge in [0.2, 0.25) is 5.91 Å². The average Bonchev–Trinajstić information content (AvgIpc) is 2.98. The predicted octanol–water partition coefficient (Wildman–Crippen LogP) is 0.648. The van der Waals surface area contributed by atoms with E-state index in [1.54, 1.807) is 0 Å². The number of carboxylic acids is 2. The zero-order chi connectivity index (χ0) is 17.0. The lowest BCUT2D eigenvalue weighted by Crippen LogP contribution is -2.41. The van der Waals surface area contributed by atoms with Gasteiger partial charge >= 0.3 is 11.9 Å². The van der Waals surface area contributed by atoms with Gasteiger partial charge in [-0.15, -0.1) is 0 Å². The van der Waals surface area contributed by atoms with Crippen LogP contribution in [0.1, 0.15) is 30.7 Å². The summed E-state index contributed by atoms with van der Waals surface area (Å²) in [5.41, 5.74) is 6.39. The predicted molar refractivity (Wildman–Crippen MR) is 81.8 cm³/mol. The highest BCUT2D eigenvalue weighted by atomic mass is 16.4. The van der Waals surface area contributed by atoms with E-state index in [2.05, 4.69) is 0 Å². The van der Waals surface area contributed by atoms with Crippen LogP contribution in [0.4, 0.5) is 0 Å². The standard InChI is InChI=1S/C16H20N2O5/c17-12(15(20)21)6-7-14(19)18-9-11(8-13(18)16(22)23)10-4-2-1-3-5-10/h1-5,11-13H,6-9,17H2,(H,20,21)(H,22,23)/t11-,12-,13-/m0/s1. The molecule has 0 spiro atoms. The number of carboxylic acid groups (broad SMARTS) is 2. The van der Waals surface area contributed by atoms with E-state index in [1.807, 2.05) is 30.3 Å². The van der Waals surface area contributed by atoms with Gasteiger partial charge in [0.25, 0.3) is 0 Å². The minimum atomic E-state index is -1.17. The molecule has 1 amide bonds. The zero-order valence-corrected chi connectivity index (χ0v) is 12.6. The number of nitrogens with zero attached hydrogens (tertiary/aromatic N) is 1. The maximum absolute atomic E-state index is 12.3. The molecule has 23 heavy (non-hydrogen) atoms. The molecule has 0 aromatic heterocycles. The van der Waals surface area contributed by atoms with Crippen LogP contribution in [-0.2, 0) is 14.4 Å². The van der Waals surface area contributed by atoms with Gasteiger partial charge in [0.1, 0.15) is 12.1 Å². The molecule has 1 heterocycles. The van der Waals surface area contributed by atoms with Gasteiger partial charge in [-0.05, 0) is 18.4 Å². The Kier molecular flexibility index (Phi) is 5.33. The summed E-state index contributed by atoms with van der Waals surface area (Å²) in [5.74, 6) is -2.61. The third kappa shape index (κ3) is 4.07. The molecule has 124 valence electrons. The maximum atomic E-state index is 12.3. The second-order valence-electron chi connectivity index (χ2n) is 5.73. The molecule has 0 unspecified atom stereocenters. The number of rotatable bonds is 6. The van der Waals surface area contributed by atoms with Gasteiger partial charge in [-0.2, -0.15) is 0 Å². The number of aliphatic carboxylic acids is 2. The van der Waals surface area contributed by atoms with Crippen LogP contribution in [-0.4, -0.2) is 51.6 Å². The van der Waals surface area contributed by atoms with Crippen molar-refractivity contribution in [2.24, 2.45) is 5.73 Å². The van der Waals surface area contributed by atoms with E-state index in [-0.39, 0.29) is 24.7 Å². The van der Waals surface area contributed by atoms with Crippen molar-refractivity contribution in [2.45, 2.75) is 37.3 Å². The SMILES string of the molecule is N[C@@H](CCC(=O)N1C[C@@H](c2ccccc2)C[C@H]1C(=O)O)C(=O)O. The van der Waals surface area contributed by atoms with Gasteiger partial charge in [-0.3, -0.25) is 9.59 Å². The molecule has 1 aromatic carbocycles. The Labute approximate surface area is 133 Å². The molecule has 0 radical (unpaired) electrons. The number of carbonyl (C=O) groups is 3. The largest absolute Gasteiger partial charge is 0.480 e. The minimum absolute atomic E-state index is 0.00694. The molecule has 1 fully saturated rings. The number of likely N-dealkylation sites (tertiary alicyclic amines) is 1. The topological polar surface area (TPSA) is 121 Å². The summed E-state index contributed by atoms with van der Waals surface area (Å²) in [7, 11) is 0. The summed E-state index contributed by atoms with van der Waals surface area (Å²) >= 11 is 0. The number of benzene rings is 1. The lowest BCUT2D eigenvalue weighted by molar-refractivity contribution is -0.148. The molecule has 1 aromatic rings. The minimum Gasteiger partial charge on any atom is -0.480 e. The van der Waals surface area contributed by atoms with Gasteiger partial charge in [-0.1, -0.05) is 30.3 Å². The average molecular weight is 320 g/mol. The van der Waals surface area contributed by atoms with Crippen LogP contribution in [0.25, 0.3) is 0 Å². The van der Waals surface area contributed by atoms with Crippen molar-refractivity contribution in [1.82, 2.24) is 4.90 Å². The molecule has 0 bridgehead atoms. The quantitative estimate of drug-likeness (QED) is 0.707. The summed E-state index contributed by atoms with van der Waals surface area (Å²) in [5, 5.41) is 18.1. The number of nitrogens with two attached hydrogens (primary N) is 1. The highest BCUT2D eigenvalue weighted by Gasteiger charge is 2.39. The first-order valence-corrected chi connectivity index (χ1v) is 7.45. The molecule has 7 heteroatoms. The van der Waals surface area contributed by atoms with Crippen LogP contribution in [0.3, 0.4) is 0 Å². The molecular formula is C16H20N2O5. The molecule has 3 atom stereocenters. The fourth-order valence-corrected chi connectivity index (χ4v) is 2.86. The summed E-state index contributed by atoms with van der Waals surface area (Å²) in [6, 6.07) is 7.46. The van der Waals surface area contributed by atoms with Crippen LogP contribution < -0.4 is 5.73 Å². The Morgan fingerprint density at radius 2 is 1.87 bits per heavy atom. The molecule has 0 saturated carbocycles. The second kappa shape index (κ2) is 7.23. The fraction of sp³-hybridized carbons (Fsp3) is 0.438. The first-order valence-electron chi connectivity index (χ1n) is 7.45. The van der Waals surface area contributed by atoms with Crippen LogP contribution in [0.5, 0.6) is 0 Å². The Morgan fingerprint density at radius 3 is 2.43 bits per heavy atom. The first kappa shape index (κ1) is 17.0. The maximum Gasteiger partial charge on any atom is 0.326 e. The van der Waals surface area contributed by atoms with E-state index in [1.165, 1.54) is 4.90 Å². The van der Waals surface area contributed by atoms with E-state index < -0.39 is 24.0 Å². The number of carbonyl (C=O) groups excluding carboxylic acids is 1. The molecule has 0 aliphatic carbocycles. The van der Waals surface area contributed by atoms with E-state index in [9.17, 15) is 19.5 Å². The van der Waals surface area contributed by atoms with Crippen LogP contribution in [0.15, 0.2) is 30.3 Å². The highest BCUT2D eigenvalue weighted by Crippen LogP contribution is 2.32. The Hall–Kier alpha value is -2.41. The normalized spacial score (nSPS) is 21.9. The molecule has 1 aliphatic heterocycles. The van der Waals surface area contributed by atoms with Gasteiger partial charge in [0.05, 0.1) is 0 Å². The molecule has 7 nitrogen and oxygen atoms in total. The Morgan fingerprint density at radius 1 is 1.22 bits per heavy atom. The van der Waals surface area contributed by atoms with Crippen molar-refractivity contribution in [1.29, 1.82) is 0 Å².